The van der Waals surface area contributed by atoms with Gasteiger partial charge in [-0.2, -0.15) is 0 Å². The third-order valence-corrected chi connectivity index (χ3v) is 8.87. The van der Waals surface area contributed by atoms with Gasteiger partial charge in [0.25, 0.3) is 0 Å². The van der Waals surface area contributed by atoms with Crippen LogP contribution in [0, 0.1) is 0 Å². The number of sulfone groups is 1. The number of ether oxygens (including phenoxy) is 2. The minimum Gasteiger partial charge on any atom is -0.494 e. The zero-order valence-corrected chi connectivity index (χ0v) is 20.6. The highest BCUT2D eigenvalue weighted by Gasteiger charge is 2.27. The number of carbonyl (C=O) groups excluding carboxylic acids is 1. The summed E-state index contributed by atoms with van der Waals surface area (Å²) >= 11 is 7.68. The van der Waals surface area contributed by atoms with Crippen molar-refractivity contribution in [2.45, 2.75) is 36.7 Å². The second kappa shape index (κ2) is 10.4. The van der Waals surface area contributed by atoms with Crippen LogP contribution in [0.1, 0.15) is 25.7 Å². The molecule has 0 bridgehead atoms. The van der Waals surface area contributed by atoms with E-state index >= 15 is 0 Å². The summed E-state index contributed by atoms with van der Waals surface area (Å²) in [5.74, 6) is 0.286. The molecule has 0 spiro atoms. The summed E-state index contributed by atoms with van der Waals surface area (Å²) in [6.07, 6.45) is 2.03. The van der Waals surface area contributed by atoms with Crippen molar-refractivity contribution in [3.8, 4) is 5.75 Å². The van der Waals surface area contributed by atoms with Gasteiger partial charge in [-0.1, -0.05) is 41.1 Å². The Morgan fingerprint density at radius 1 is 1.27 bits per heavy atom. The van der Waals surface area contributed by atoms with E-state index in [4.69, 9.17) is 21.1 Å². The van der Waals surface area contributed by atoms with E-state index in [2.05, 4.69) is 4.98 Å². The number of hydrogen-bond donors (Lipinski definition) is 0. The number of aromatic nitrogens is 1. The van der Waals surface area contributed by atoms with Crippen LogP contribution in [0.4, 0.5) is 5.13 Å². The van der Waals surface area contributed by atoms with Gasteiger partial charge in [0.15, 0.2) is 15.0 Å². The number of hydrogen-bond acceptors (Lipinski definition) is 7. The molecule has 0 N–H and O–H groups in total. The largest absolute Gasteiger partial charge is 0.494 e. The normalized spacial score (nSPS) is 16.2. The molecule has 0 saturated carbocycles. The molecule has 1 aliphatic rings. The van der Waals surface area contributed by atoms with E-state index < -0.39 is 9.84 Å². The number of benzene rings is 2. The molecule has 1 aliphatic heterocycles. The zero-order chi connectivity index (χ0) is 23.4. The number of amides is 1. The maximum absolute atomic E-state index is 13.2. The maximum atomic E-state index is 13.2. The zero-order valence-electron chi connectivity index (χ0n) is 18.2. The van der Waals surface area contributed by atoms with Crippen LogP contribution in [-0.2, 0) is 19.4 Å². The van der Waals surface area contributed by atoms with E-state index in [1.807, 2.05) is 0 Å². The van der Waals surface area contributed by atoms with Crippen LogP contribution in [0.2, 0.25) is 5.02 Å². The Balaban J connectivity index is 1.54. The number of nitrogens with zero attached hydrogens (tertiary/aromatic N) is 2. The van der Waals surface area contributed by atoms with E-state index in [0.717, 1.165) is 17.5 Å². The molecule has 1 amide bonds. The Bertz CT molecular complexity index is 1220. The van der Waals surface area contributed by atoms with Gasteiger partial charge in [0.1, 0.15) is 11.3 Å². The quantitative estimate of drug-likeness (QED) is 0.415. The third-order valence-electron chi connectivity index (χ3n) is 5.52. The van der Waals surface area contributed by atoms with Gasteiger partial charge >= 0.3 is 0 Å². The van der Waals surface area contributed by atoms with Crippen molar-refractivity contribution in [1.29, 1.82) is 0 Å². The molecular weight excluding hydrogens is 484 g/mol. The van der Waals surface area contributed by atoms with E-state index in [1.165, 1.54) is 11.3 Å². The fraction of sp³-hybridized carbons (Fsp3) is 0.391. The highest BCUT2D eigenvalue weighted by Crippen LogP contribution is 2.39. The van der Waals surface area contributed by atoms with Gasteiger partial charge in [-0.3, -0.25) is 9.69 Å². The molecular formula is C23H25ClN2O5S2. The molecule has 1 atom stereocenters. The molecule has 1 aromatic heterocycles. The lowest BCUT2D eigenvalue weighted by atomic mass is 10.2. The number of anilines is 1. The second-order valence-corrected chi connectivity index (χ2v) is 11.3. The number of halogens is 1. The SMILES string of the molecule is COc1ccc(Cl)c2sc(N(CC3CCCO3)C(=O)CCCS(=O)(=O)c3ccccc3)nc12. The van der Waals surface area contributed by atoms with Gasteiger partial charge in [0.05, 0.1) is 40.1 Å². The first-order valence-electron chi connectivity index (χ1n) is 10.7. The number of methoxy groups -OCH3 is 1. The van der Waals surface area contributed by atoms with Crippen LogP contribution in [0.3, 0.4) is 0 Å². The Labute approximate surface area is 202 Å². The third kappa shape index (κ3) is 5.48. The first-order valence-corrected chi connectivity index (χ1v) is 13.6. The standard InChI is InChI=1S/C23H25ClN2O5S2/c1-30-19-12-11-18(24)22-21(19)25-23(32-22)26(15-16-7-5-13-31-16)20(27)10-6-14-33(28,29)17-8-3-2-4-9-17/h2-4,8-9,11-12,16H,5-7,10,13-15H2,1H3. The summed E-state index contributed by atoms with van der Waals surface area (Å²) in [5.41, 5.74) is 0.599. The molecule has 4 rings (SSSR count). The average Bonchev–Trinajstić information content (AvgIpc) is 3.49. The Kier molecular flexibility index (Phi) is 7.53. The Hall–Kier alpha value is -2.20. The minimum absolute atomic E-state index is 0.0774. The molecule has 176 valence electrons. The summed E-state index contributed by atoms with van der Waals surface area (Å²) in [6.45, 7) is 1.03. The smallest absolute Gasteiger partial charge is 0.228 e. The molecule has 3 aromatic rings. The fourth-order valence-corrected chi connectivity index (χ4v) is 6.41. The second-order valence-electron chi connectivity index (χ2n) is 7.80. The van der Waals surface area contributed by atoms with Gasteiger partial charge in [-0.25, -0.2) is 13.4 Å². The molecule has 0 aliphatic carbocycles. The number of thiazole rings is 1. The molecule has 0 radical (unpaired) electrons. The number of fused-ring (bicyclic) bond motifs is 1. The van der Waals surface area contributed by atoms with Crippen LogP contribution in [0.25, 0.3) is 10.2 Å². The van der Waals surface area contributed by atoms with Crippen LogP contribution in [0.5, 0.6) is 5.75 Å². The summed E-state index contributed by atoms with van der Waals surface area (Å²) in [7, 11) is -1.89. The fourth-order valence-electron chi connectivity index (χ4n) is 3.79. The lowest BCUT2D eigenvalue weighted by Gasteiger charge is -2.23. The van der Waals surface area contributed by atoms with E-state index in [0.29, 0.717) is 34.6 Å². The predicted octanol–water partition coefficient (Wildman–Crippen LogP) is 4.72. The van der Waals surface area contributed by atoms with Gasteiger partial charge in [0.2, 0.25) is 5.91 Å². The summed E-state index contributed by atoms with van der Waals surface area (Å²) < 4.78 is 37.0. The lowest BCUT2D eigenvalue weighted by molar-refractivity contribution is -0.119. The summed E-state index contributed by atoms with van der Waals surface area (Å²) in [6, 6.07) is 11.8. The molecule has 2 heterocycles. The first kappa shape index (κ1) is 23.9. The molecule has 1 fully saturated rings. The van der Waals surface area contributed by atoms with Gasteiger partial charge < -0.3 is 9.47 Å². The maximum Gasteiger partial charge on any atom is 0.228 e. The van der Waals surface area contributed by atoms with Crippen LogP contribution < -0.4 is 9.64 Å². The summed E-state index contributed by atoms with van der Waals surface area (Å²) in [4.78, 5) is 19.8. The van der Waals surface area contributed by atoms with Gasteiger partial charge in [0, 0.05) is 13.0 Å². The van der Waals surface area contributed by atoms with Crippen molar-refractivity contribution in [2.75, 3.05) is 30.9 Å². The predicted molar refractivity (Wildman–Crippen MR) is 130 cm³/mol. The van der Waals surface area contributed by atoms with Crippen molar-refractivity contribution < 1.29 is 22.7 Å². The van der Waals surface area contributed by atoms with Crippen LogP contribution in [-0.4, -0.2) is 51.4 Å². The van der Waals surface area contributed by atoms with Crippen molar-refractivity contribution in [1.82, 2.24) is 4.98 Å². The molecule has 10 heteroatoms. The van der Waals surface area contributed by atoms with Crippen molar-refractivity contribution in [3.63, 3.8) is 0 Å². The molecule has 1 unspecified atom stereocenters. The minimum atomic E-state index is -3.45. The van der Waals surface area contributed by atoms with Crippen LogP contribution >= 0.6 is 22.9 Å². The summed E-state index contributed by atoms with van der Waals surface area (Å²) in [5, 5.41) is 1.04. The Morgan fingerprint density at radius 2 is 2.06 bits per heavy atom. The monoisotopic (exact) mass is 508 g/mol. The van der Waals surface area contributed by atoms with E-state index in [-0.39, 0.29) is 35.5 Å². The van der Waals surface area contributed by atoms with Gasteiger partial charge in [-0.05, 0) is 43.5 Å². The van der Waals surface area contributed by atoms with Crippen molar-refractivity contribution >= 4 is 54.0 Å². The number of rotatable bonds is 9. The van der Waals surface area contributed by atoms with Crippen molar-refractivity contribution in [2.24, 2.45) is 0 Å². The average molecular weight is 509 g/mol. The molecule has 33 heavy (non-hydrogen) atoms. The van der Waals surface area contributed by atoms with Crippen molar-refractivity contribution in [3.05, 3.63) is 47.5 Å². The first-order chi connectivity index (χ1) is 15.9. The van der Waals surface area contributed by atoms with E-state index in [9.17, 15) is 13.2 Å². The highest BCUT2D eigenvalue weighted by molar-refractivity contribution is 7.91. The topological polar surface area (TPSA) is 85.8 Å². The van der Waals surface area contributed by atoms with E-state index in [1.54, 1.807) is 54.5 Å². The molecule has 1 saturated heterocycles. The Morgan fingerprint density at radius 3 is 2.76 bits per heavy atom. The molecule has 7 nitrogen and oxygen atoms in total. The van der Waals surface area contributed by atoms with Crippen LogP contribution in [0.15, 0.2) is 47.4 Å². The molecule has 2 aromatic carbocycles. The number of carbonyl (C=O) groups is 1. The highest BCUT2D eigenvalue weighted by atomic mass is 35.5. The lowest BCUT2D eigenvalue weighted by Crippen LogP contribution is -2.37. The van der Waals surface area contributed by atoms with Gasteiger partial charge in [-0.15, -0.1) is 0 Å².